The summed E-state index contributed by atoms with van der Waals surface area (Å²) in [6.07, 6.45) is 0. The van der Waals surface area contributed by atoms with E-state index in [1.165, 1.54) is 11.3 Å². The van der Waals surface area contributed by atoms with Crippen molar-refractivity contribution in [1.82, 2.24) is 0 Å². The molecule has 0 atom stereocenters. The zero-order valence-corrected chi connectivity index (χ0v) is 6.60. The molecule has 0 fully saturated rings. The quantitative estimate of drug-likeness (QED) is 0.563. The van der Waals surface area contributed by atoms with Gasteiger partial charge >= 0.3 is 0 Å². The van der Waals surface area contributed by atoms with Gasteiger partial charge in [0.2, 0.25) is 0 Å². The molecular formula is C9H11N. The second-order valence-electron chi connectivity index (χ2n) is 2.54. The van der Waals surface area contributed by atoms with Crippen molar-refractivity contribution >= 4 is 5.69 Å². The molecular weight excluding hydrogens is 122 g/mol. The van der Waals surface area contributed by atoms with Gasteiger partial charge in [-0.2, -0.15) is 0 Å². The minimum atomic E-state index is 1.21. The fraction of sp³-hybridized carbons (Fsp3) is 0.333. The molecule has 0 spiro atoms. The van der Waals surface area contributed by atoms with Crippen LogP contribution >= 0.6 is 0 Å². The SMILES string of the molecule is Cc1cc#ccc1N(C)C. The van der Waals surface area contributed by atoms with Crippen molar-refractivity contribution in [3.63, 3.8) is 0 Å². The van der Waals surface area contributed by atoms with E-state index in [4.69, 9.17) is 0 Å². The van der Waals surface area contributed by atoms with Gasteiger partial charge < -0.3 is 4.90 Å². The lowest BCUT2D eigenvalue weighted by molar-refractivity contribution is 1.12. The molecule has 1 aromatic rings. The summed E-state index contributed by atoms with van der Waals surface area (Å²) in [5.41, 5.74) is 2.45. The zero-order chi connectivity index (χ0) is 7.56. The third kappa shape index (κ3) is 1.22. The molecule has 52 valence electrons. The fourth-order valence-corrected chi connectivity index (χ4v) is 0.930. The van der Waals surface area contributed by atoms with E-state index in [-0.39, 0.29) is 0 Å². The highest BCUT2D eigenvalue weighted by Crippen LogP contribution is 2.13. The van der Waals surface area contributed by atoms with Crippen LogP contribution in [0.1, 0.15) is 5.56 Å². The average molecular weight is 133 g/mol. The van der Waals surface area contributed by atoms with Gasteiger partial charge in [-0.3, -0.25) is 0 Å². The highest BCUT2D eigenvalue weighted by molar-refractivity contribution is 5.49. The van der Waals surface area contributed by atoms with Gasteiger partial charge in [0.05, 0.1) is 0 Å². The molecule has 1 nitrogen and oxygen atoms in total. The molecule has 1 heteroatoms. The Hall–Kier alpha value is -1.16. The van der Waals surface area contributed by atoms with Gasteiger partial charge in [-0.25, -0.2) is 0 Å². The van der Waals surface area contributed by atoms with Crippen molar-refractivity contribution in [1.29, 1.82) is 0 Å². The van der Waals surface area contributed by atoms with Crippen LogP contribution in [0, 0.1) is 19.1 Å². The number of rotatable bonds is 1. The van der Waals surface area contributed by atoms with Crippen LogP contribution in [-0.2, 0) is 0 Å². The maximum absolute atomic E-state index is 2.92. The Morgan fingerprint density at radius 1 is 1.20 bits per heavy atom. The number of hydrogen-bond donors (Lipinski definition) is 0. The van der Waals surface area contributed by atoms with Crippen LogP contribution in [0.2, 0.25) is 0 Å². The maximum Gasteiger partial charge on any atom is 0.0482 e. The number of aryl methyl sites for hydroxylation is 1. The fourth-order valence-electron chi connectivity index (χ4n) is 0.930. The summed E-state index contributed by atoms with van der Waals surface area (Å²) in [6, 6.07) is 9.70. The average Bonchev–Trinajstić information content (AvgIpc) is 1.88. The highest BCUT2D eigenvalue weighted by Gasteiger charge is 1.95. The summed E-state index contributed by atoms with van der Waals surface area (Å²) in [5, 5.41) is 0. The number of anilines is 1. The molecule has 0 aliphatic rings. The van der Waals surface area contributed by atoms with Crippen LogP contribution in [0.3, 0.4) is 0 Å². The van der Waals surface area contributed by atoms with Crippen molar-refractivity contribution in [2.75, 3.05) is 19.0 Å². The van der Waals surface area contributed by atoms with Gasteiger partial charge in [-0.15, -0.1) is 0 Å². The number of hydrogen-bond acceptors (Lipinski definition) is 1. The molecule has 0 unspecified atom stereocenters. The summed E-state index contributed by atoms with van der Waals surface area (Å²) < 4.78 is 0. The predicted octanol–water partition coefficient (Wildman–Crippen LogP) is 1.66. The molecule has 0 aliphatic heterocycles. The van der Waals surface area contributed by atoms with Crippen LogP contribution in [0.5, 0.6) is 0 Å². The lowest BCUT2D eigenvalue weighted by Gasteiger charge is -2.12. The summed E-state index contributed by atoms with van der Waals surface area (Å²) in [4.78, 5) is 2.07. The largest absolute Gasteiger partial charge is 0.377 e. The third-order valence-electron chi connectivity index (χ3n) is 1.47. The first-order chi connectivity index (χ1) is 4.72. The predicted molar refractivity (Wildman–Crippen MR) is 43.2 cm³/mol. The Labute approximate surface area is 62.3 Å². The number of nitrogens with zero attached hydrogens (tertiary/aromatic N) is 1. The van der Waals surface area contributed by atoms with Crippen LogP contribution in [0.15, 0.2) is 12.1 Å². The molecule has 0 aliphatic carbocycles. The molecule has 0 amide bonds. The van der Waals surface area contributed by atoms with Crippen LogP contribution in [-0.4, -0.2) is 14.1 Å². The molecule has 0 saturated heterocycles. The Kier molecular flexibility index (Phi) is 1.82. The van der Waals surface area contributed by atoms with Gasteiger partial charge in [0.15, 0.2) is 0 Å². The first kappa shape index (κ1) is 6.95. The molecule has 0 radical (unpaired) electrons. The molecule has 10 heavy (non-hydrogen) atoms. The lowest BCUT2D eigenvalue weighted by Crippen LogP contribution is -2.09. The van der Waals surface area contributed by atoms with E-state index in [2.05, 4.69) is 24.0 Å². The zero-order valence-electron chi connectivity index (χ0n) is 6.60. The van der Waals surface area contributed by atoms with Crippen LogP contribution in [0.4, 0.5) is 5.69 Å². The van der Waals surface area contributed by atoms with Gasteiger partial charge in [0.1, 0.15) is 0 Å². The van der Waals surface area contributed by atoms with E-state index in [9.17, 15) is 0 Å². The summed E-state index contributed by atoms with van der Waals surface area (Å²) in [7, 11) is 4.05. The Bertz CT molecular complexity index is 216. The normalized spacial score (nSPS) is 8.70. The van der Waals surface area contributed by atoms with Crippen molar-refractivity contribution < 1.29 is 0 Å². The summed E-state index contributed by atoms with van der Waals surface area (Å²) in [6.45, 7) is 2.07. The first-order valence-electron chi connectivity index (χ1n) is 3.27. The standard InChI is InChI=1S/C9H11N/c1-8-6-4-5-7-9(8)10(2)3/h6-7H,1-3H3. The summed E-state index contributed by atoms with van der Waals surface area (Å²) >= 11 is 0. The monoisotopic (exact) mass is 133 g/mol. The topological polar surface area (TPSA) is 3.24 Å². The Balaban J connectivity index is 3.03. The van der Waals surface area contributed by atoms with E-state index in [0.29, 0.717) is 0 Å². The van der Waals surface area contributed by atoms with E-state index in [1.807, 2.05) is 26.2 Å². The summed E-state index contributed by atoms with van der Waals surface area (Å²) in [5.74, 6) is 0. The van der Waals surface area contributed by atoms with E-state index >= 15 is 0 Å². The Morgan fingerprint density at radius 2 is 1.80 bits per heavy atom. The van der Waals surface area contributed by atoms with Crippen molar-refractivity contribution in [2.45, 2.75) is 6.92 Å². The first-order valence-corrected chi connectivity index (χ1v) is 3.27. The Morgan fingerprint density at radius 3 is 2.20 bits per heavy atom. The van der Waals surface area contributed by atoms with Gasteiger partial charge in [-0.1, -0.05) is 12.1 Å². The van der Waals surface area contributed by atoms with Crippen molar-refractivity contribution in [3.05, 3.63) is 29.8 Å². The van der Waals surface area contributed by atoms with Crippen LogP contribution in [0.25, 0.3) is 0 Å². The van der Waals surface area contributed by atoms with Crippen molar-refractivity contribution in [3.8, 4) is 0 Å². The smallest absolute Gasteiger partial charge is 0.0482 e. The third-order valence-corrected chi connectivity index (χ3v) is 1.47. The molecule has 1 rings (SSSR count). The minimum Gasteiger partial charge on any atom is -0.377 e. The molecule has 0 aromatic heterocycles. The van der Waals surface area contributed by atoms with Gasteiger partial charge in [0, 0.05) is 25.8 Å². The van der Waals surface area contributed by atoms with Gasteiger partial charge in [-0.05, 0) is 18.6 Å². The molecule has 1 aromatic carbocycles. The molecule has 0 saturated carbocycles. The molecule has 0 bridgehead atoms. The molecule has 0 N–H and O–H groups in total. The van der Waals surface area contributed by atoms with E-state index in [1.54, 1.807) is 0 Å². The van der Waals surface area contributed by atoms with E-state index in [0.717, 1.165) is 0 Å². The van der Waals surface area contributed by atoms with Crippen molar-refractivity contribution in [2.24, 2.45) is 0 Å². The second kappa shape index (κ2) is 2.62. The van der Waals surface area contributed by atoms with E-state index < -0.39 is 0 Å². The second-order valence-corrected chi connectivity index (χ2v) is 2.54. The van der Waals surface area contributed by atoms with Gasteiger partial charge in [0.25, 0.3) is 0 Å². The highest BCUT2D eigenvalue weighted by atomic mass is 15.1. The van der Waals surface area contributed by atoms with Crippen LogP contribution < -0.4 is 4.90 Å². The minimum absolute atomic E-state index is 1.21. The lowest BCUT2D eigenvalue weighted by atomic mass is 10.2. The maximum atomic E-state index is 2.92. The molecule has 0 heterocycles.